The summed E-state index contributed by atoms with van der Waals surface area (Å²) in [6.07, 6.45) is -1.44. The van der Waals surface area contributed by atoms with Gasteiger partial charge in [0.15, 0.2) is 0 Å². The van der Waals surface area contributed by atoms with Gasteiger partial charge in [0.2, 0.25) is 5.95 Å². The molecule has 2 aromatic carbocycles. The van der Waals surface area contributed by atoms with Crippen LogP contribution in [0.1, 0.15) is 36.3 Å². The zero-order valence-corrected chi connectivity index (χ0v) is 21.3. The van der Waals surface area contributed by atoms with Gasteiger partial charge in [0, 0.05) is 48.1 Å². The van der Waals surface area contributed by atoms with Crippen LogP contribution in [-0.4, -0.2) is 56.7 Å². The van der Waals surface area contributed by atoms with Gasteiger partial charge >= 0.3 is 12.1 Å². The van der Waals surface area contributed by atoms with E-state index in [0.29, 0.717) is 59.5 Å². The largest absolute Gasteiger partial charge is 0.481 e. The number of aromatic nitrogens is 3. The number of hydrogen-bond acceptors (Lipinski definition) is 6. The summed E-state index contributed by atoms with van der Waals surface area (Å²) in [6.45, 7) is 1.01. The molecule has 3 heterocycles. The number of alkyl halides is 3. The smallest absolute Gasteiger partial charge is 0.416 e. The van der Waals surface area contributed by atoms with Gasteiger partial charge in [-0.1, -0.05) is 11.6 Å². The number of aldehydes is 1. The molecule has 0 aliphatic carbocycles. The summed E-state index contributed by atoms with van der Waals surface area (Å²) in [4.78, 5) is 34.4. The molecule has 0 bridgehead atoms. The number of carbonyl (C=O) groups is 2. The van der Waals surface area contributed by atoms with Crippen LogP contribution in [0.3, 0.4) is 0 Å². The molecular formula is C27H24ClF3N4O4. The van der Waals surface area contributed by atoms with E-state index in [-0.39, 0.29) is 35.8 Å². The second kappa shape index (κ2) is 10.5. The van der Waals surface area contributed by atoms with Crippen molar-refractivity contribution in [3.63, 3.8) is 0 Å². The van der Waals surface area contributed by atoms with Crippen LogP contribution in [0, 0.1) is 5.92 Å². The third-order valence-corrected chi connectivity index (χ3v) is 7.42. The first kappa shape index (κ1) is 26.9. The first-order valence-corrected chi connectivity index (χ1v) is 12.7. The number of piperidine rings is 1. The zero-order chi connectivity index (χ0) is 27.9. The van der Waals surface area contributed by atoms with E-state index < -0.39 is 23.6 Å². The van der Waals surface area contributed by atoms with E-state index in [1.165, 1.54) is 12.3 Å². The first-order chi connectivity index (χ1) is 18.6. The summed E-state index contributed by atoms with van der Waals surface area (Å²) in [5.41, 5.74) is 0.336. The Kier molecular flexibility index (Phi) is 7.21. The number of aliphatic hydroxyl groups excluding tert-OH is 1. The molecule has 1 saturated heterocycles. The Morgan fingerprint density at radius 3 is 2.51 bits per heavy atom. The Balaban J connectivity index is 1.73. The Hall–Kier alpha value is -3.70. The standard InChI is InChI=1S/C27H24ClF3N4O4/c28-17-2-4-23-19(12-17)21(18(7-10-36)25(38)39)13-35(23)26-32-22-3-1-16(27(29,30)31)11-20(22)24(33-26)34-8-5-15(14-37)6-9-34/h1-4,10-13,15,18,37H,5-9,14H2,(H,38,39). The van der Waals surface area contributed by atoms with Crippen LogP contribution in [0.4, 0.5) is 19.0 Å². The molecule has 2 aromatic heterocycles. The lowest BCUT2D eigenvalue weighted by Gasteiger charge is -2.32. The van der Waals surface area contributed by atoms with Crippen molar-refractivity contribution in [2.45, 2.75) is 31.4 Å². The number of carbonyl (C=O) groups excluding carboxylic acids is 1. The topological polar surface area (TPSA) is 109 Å². The van der Waals surface area contributed by atoms with Crippen LogP contribution in [0.15, 0.2) is 42.6 Å². The van der Waals surface area contributed by atoms with Crippen molar-refractivity contribution >= 4 is 51.5 Å². The van der Waals surface area contributed by atoms with Crippen LogP contribution >= 0.6 is 11.6 Å². The van der Waals surface area contributed by atoms with Crippen molar-refractivity contribution in [2.75, 3.05) is 24.6 Å². The number of fused-ring (bicyclic) bond motifs is 2. The number of aliphatic carboxylic acids is 1. The number of benzene rings is 2. The molecule has 1 unspecified atom stereocenters. The normalized spacial score (nSPS) is 15.7. The number of hydrogen-bond donors (Lipinski definition) is 2. The number of carboxylic acid groups (broad SMARTS) is 1. The van der Waals surface area contributed by atoms with Gasteiger partial charge in [0.25, 0.3) is 0 Å². The summed E-state index contributed by atoms with van der Waals surface area (Å²) >= 11 is 6.21. The molecule has 0 spiro atoms. The summed E-state index contributed by atoms with van der Waals surface area (Å²) in [5.74, 6) is -1.77. The minimum absolute atomic E-state index is 0.0358. The van der Waals surface area contributed by atoms with Crippen molar-refractivity contribution in [3.8, 4) is 5.95 Å². The first-order valence-electron chi connectivity index (χ1n) is 12.3. The number of rotatable bonds is 7. The van der Waals surface area contributed by atoms with Crippen molar-refractivity contribution in [1.29, 1.82) is 0 Å². The molecule has 1 atom stereocenters. The fourth-order valence-corrected chi connectivity index (χ4v) is 5.25. The Bertz CT molecular complexity index is 1560. The molecule has 5 rings (SSSR count). The van der Waals surface area contributed by atoms with Crippen LogP contribution in [0.5, 0.6) is 0 Å². The summed E-state index contributed by atoms with van der Waals surface area (Å²) in [7, 11) is 0. The average Bonchev–Trinajstić information content (AvgIpc) is 3.28. The summed E-state index contributed by atoms with van der Waals surface area (Å²) in [5, 5.41) is 20.4. The van der Waals surface area contributed by atoms with Crippen molar-refractivity contribution in [2.24, 2.45) is 5.92 Å². The fourth-order valence-electron chi connectivity index (χ4n) is 5.08. The Morgan fingerprint density at radius 2 is 1.87 bits per heavy atom. The Labute approximate surface area is 225 Å². The molecule has 1 aliphatic rings. The lowest BCUT2D eigenvalue weighted by Crippen LogP contribution is -2.35. The molecule has 8 nitrogen and oxygen atoms in total. The number of aliphatic hydroxyl groups is 1. The van der Waals surface area contributed by atoms with E-state index in [4.69, 9.17) is 16.6 Å². The number of anilines is 1. The zero-order valence-electron chi connectivity index (χ0n) is 20.5. The maximum absolute atomic E-state index is 13.6. The van der Waals surface area contributed by atoms with E-state index in [0.717, 1.165) is 12.1 Å². The van der Waals surface area contributed by atoms with Gasteiger partial charge in [-0.25, -0.2) is 4.98 Å². The quantitative estimate of drug-likeness (QED) is 0.299. The van der Waals surface area contributed by atoms with Crippen molar-refractivity contribution in [1.82, 2.24) is 14.5 Å². The van der Waals surface area contributed by atoms with E-state index in [1.54, 1.807) is 22.8 Å². The minimum Gasteiger partial charge on any atom is -0.481 e. The van der Waals surface area contributed by atoms with E-state index in [2.05, 4.69) is 4.98 Å². The number of carboxylic acids is 1. The minimum atomic E-state index is -4.55. The predicted octanol–water partition coefficient (Wildman–Crippen LogP) is 5.21. The van der Waals surface area contributed by atoms with Gasteiger partial charge < -0.3 is 19.9 Å². The van der Waals surface area contributed by atoms with Crippen molar-refractivity contribution in [3.05, 3.63) is 58.7 Å². The second-order valence-electron chi connectivity index (χ2n) is 9.60. The molecule has 204 valence electrons. The lowest BCUT2D eigenvalue weighted by atomic mass is 9.96. The molecule has 0 radical (unpaired) electrons. The molecule has 1 fully saturated rings. The van der Waals surface area contributed by atoms with Crippen LogP contribution < -0.4 is 4.90 Å². The molecule has 12 heteroatoms. The van der Waals surface area contributed by atoms with Crippen LogP contribution in [0.25, 0.3) is 27.8 Å². The monoisotopic (exact) mass is 560 g/mol. The Morgan fingerprint density at radius 1 is 1.13 bits per heavy atom. The second-order valence-corrected chi connectivity index (χ2v) is 10.0. The van der Waals surface area contributed by atoms with E-state index in [9.17, 15) is 33.0 Å². The number of nitrogens with zero attached hydrogens (tertiary/aromatic N) is 4. The summed E-state index contributed by atoms with van der Waals surface area (Å²) < 4.78 is 42.3. The molecular weight excluding hydrogens is 537 g/mol. The highest BCUT2D eigenvalue weighted by Crippen LogP contribution is 2.37. The fraction of sp³-hybridized carbons (Fsp3) is 0.333. The molecule has 0 saturated carbocycles. The molecule has 4 aromatic rings. The van der Waals surface area contributed by atoms with Gasteiger partial charge in [-0.2, -0.15) is 18.2 Å². The molecule has 2 N–H and O–H groups in total. The third kappa shape index (κ3) is 5.16. The SMILES string of the molecule is O=CCC(C(=O)O)c1cn(-c2nc(N3CCC(CO)CC3)c3cc(C(F)(F)F)ccc3n2)c2ccc(Cl)cc12. The van der Waals surface area contributed by atoms with E-state index in [1.807, 2.05) is 4.90 Å². The average molecular weight is 561 g/mol. The third-order valence-electron chi connectivity index (χ3n) is 7.18. The van der Waals surface area contributed by atoms with Gasteiger partial charge in [-0.05, 0) is 60.7 Å². The maximum atomic E-state index is 13.6. The van der Waals surface area contributed by atoms with Crippen LogP contribution in [0.2, 0.25) is 5.02 Å². The predicted molar refractivity (Wildman–Crippen MR) is 139 cm³/mol. The highest BCUT2D eigenvalue weighted by molar-refractivity contribution is 6.31. The van der Waals surface area contributed by atoms with Gasteiger partial charge in [0.1, 0.15) is 12.1 Å². The number of halogens is 4. The highest BCUT2D eigenvalue weighted by atomic mass is 35.5. The van der Waals surface area contributed by atoms with E-state index >= 15 is 0 Å². The van der Waals surface area contributed by atoms with Gasteiger partial charge in [0.05, 0.1) is 22.5 Å². The van der Waals surface area contributed by atoms with Crippen molar-refractivity contribution < 1.29 is 33.0 Å². The lowest BCUT2D eigenvalue weighted by molar-refractivity contribution is -0.139. The molecule has 1 aliphatic heterocycles. The molecule has 0 amide bonds. The van der Waals surface area contributed by atoms with Crippen LogP contribution in [-0.2, 0) is 15.8 Å². The molecule has 39 heavy (non-hydrogen) atoms. The van der Waals surface area contributed by atoms with Gasteiger partial charge in [-0.15, -0.1) is 0 Å². The van der Waals surface area contributed by atoms with Gasteiger partial charge in [-0.3, -0.25) is 9.36 Å². The highest BCUT2D eigenvalue weighted by Gasteiger charge is 2.32. The maximum Gasteiger partial charge on any atom is 0.416 e. The summed E-state index contributed by atoms with van der Waals surface area (Å²) in [6, 6.07) is 8.19.